The van der Waals surface area contributed by atoms with E-state index in [1.54, 1.807) is 30.6 Å². The Morgan fingerprint density at radius 1 is 1.25 bits per heavy atom. The maximum atomic E-state index is 12.0. The first-order chi connectivity index (χ1) is 9.79. The van der Waals surface area contributed by atoms with E-state index in [0.717, 1.165) is 11.4 Å². The topological polar surface area (TPSA) is 66.9 Å². The van der Waals surface area contributed by atoms with Crippen LogP contribution in [0.2, 0.25) is 0 Å². The van der Waals surface area contributed by atoms with Crippen molar-refractivity contribution in [3.8, 4) is 0 Å². The SMILES string of the molecule is C=CCNc1ccnc(C(=O)NCc2ccccn2)c1. The standard InChI is InChI=1S/C15H16N4O/c1-2-7-16-12-6-9-18-14(10-12)15(20)19-11-13-5-3-4-8-17-13/h2-6,8-10H,1,7,11H2,(H,16,18)(H,19,20). The Labute approximate surface area is 117 Å². The van der Waals surface area contributed by atoms with Crippen molar-refractivity contribution >= 4 is 11.6 Å². The number of anilines is 1. The highest BCUT2D eigenvalue weighted by atomic mass is 16.1. The van der Waals surface area contributed by atoms with Crippen LogP contribution in [0.4, 0.5) is 5.69 Å². The summed E-state index contributed by atoms with van der Waals surface area (Å²) in [5.41, 5.74) is 2.01. The Balaban J connectivity index is 1.96. The third-order valence-corrected chi connectivity index (χ3v) is 2.60. The molecule has 0 spiro atoms. The highest BCUT2D eigenvalue weighted by molar-refractivity contribution is 5.93. The third-order valence-electron chi connectivity index (χ3n) is 2.60. The van der Waals surface area contributed by atoms with E-state index in [-0.39, 0.29) is 5.91 Å². The van der Waals surface area contributed by atoms with Crippen LogP contribution >= 0.6 is 0 Å². The van der Waals surface area contributed by atoms with Gasteiger partial charge < -0.3 is 10.6 Å². The molecule has 0 aromatic carbocycles. The summed E-state index contributed by atoms with van der Waals surface area (Å²) in [6, 6.07) is 9.08. The summed E-state index contributed by atoms with van der Waals surface area (Å²) >= 11 is 0. The highest BCUT2D eigenvalue weighted by Crippen LogP contribution is 2.07. The average Bonchev–Trinajstić information content (AvgIpc) is 2.52. The molecular formula is C15H16N4O. The number of carbonyl (C=O) groups excluding carboxylic acids is 1. The van der Waals surface area contributed by atoms with Crippen molar-refractivity contribution < 1.29 is 4.79 Å². The van der Waals surface area contributed by atoms with Gasteiger partial charge in [-0.05, 0) is 24.3 Å². The third kappa shape index (κ3) is 3.91. The predicted octanol–water partition coefficient (Wildman–Crippen LogP) is 2.00. The molecule has 0 unspecified atom stereocenters. The van der Waals surface area contributed by atoms with Gasteiger partial charge in [0, 0.05) is 24.6 Å². The minimum absolute atomic E-state index is 0.224. The van der Waals surface area contributed by atoms with Gasteiger partial charge in [0.05, 0.1) is 12.2 Å². The van der Waals surface area contributed by atoms with E-state index in [2.05, 4.69) is 27.2 Å². The minimum atomic E-state index is -0.224. The zero-order valence-corrected chi connectivity index (χ0v) is 11.0. The Bertz CT molecular complexity index is 583. The lowest BCUT2D eigenvalue weighted by Gasteiger charge is -2.07. The summed E-state index contributed by atoms with van der Waals surface area (Å²) in [7, 11) is 0. The number of rotatable bonds is 6. The van der Waals surface area contributed by atoms with Crippen molar-refractivity contribution in [2.75, 3.05) is 11.9 Å². The van der Waals surface area contributed by atoms with Crippen LogP contribution in [0.5, 0.6) is 0 Å². The number of nitrogens with one attached hydrogen (secondary N) is 2. The number of carbonyl (C=O) groups is 1. The van der Waals surface area contributed by atoms with Gasteiger partial charge in [0.2, 0.25) is 0 Å². The number of hydrogen-bond donors (Lipinski definition) is 2. The molecule has 0 saturated carbocycles. The summed E-state index contributed by atoms with van der Waals surface area (Å²) in [6.45, 7) is 4.65. The normalized spacial score (nSPS) is 9.80. The van der Waals surface area contributed by atoms with Crippen LogP contribution in [0.3, 0.4) is 0 Å². The van der Waals surface area contributed by atoms with Gasteiger partial charge in [0.25, 0.3) is 5.91 Å². The van der Waals surface area contributed by atoms with Gasteiger partial charge in [-0.1, -0.05) is 12.1 Å². The molecule has 0 radical (unpaired) electrons. The second-order valence-corrected chi connectivity index (χ2v) is 4.10. The van der Waals surface area contributed by atoms with Crippen LogP contribution in [0.1, 0.15) is 16.2 Å². The number of hydrogen-bond acceptors (Lipinski definition) is 4. The molecule has 2 N–H and O–H groups in total. The van der Waals surface area contributed by atoms with Crippen LogP contribution in [-0.4, -0.2) is 22.4 Å². The largest absolute Gasteiger partial charge is 0.381 e. The lowest BCUT2D eigenvalue weighted by atomic mass is 10.3. The molecule has 2 heterocycles. The molecule has 0 atom stereocenters. The number of aromatic nitrogens is 2. The van der Waals surface area contributed by atoms with Crippen molar-refractivity contribution in [2.24, 2.45) is 0 Å². The van der Waals surface area contributed by atoms with Crippen molar-refractivity contribution in [1.29, 1.82) is 0 Å². The van der Waals surface area contributed by atoms with Crippen LogP contribution in [0.25, 0.3) is 0 Å². The summed E-state index contributed by atoms with van der Waals surface area (Å²) < 4.78 is 0. The fourth-order valence-electron chi connectivity index (χ4n) is 1.62. The summed E-state index contributed by atoms with van der Waals surface area (Å²) in [5.74, 6) is -0.224. The first-order valence-corrected chi connectivity index (χ1v) is 6.28. The minimum Gasteiger partial charge on any atom is -0.381 e. The zero-order valence-electron chi connectivity index (χ0n) is 11.0. The molecule has 0 saturated heterocycles. The molecule has 20 heavy (non-hydrogen) atoms. The fraction of sp³-hybridized carbons (Fsp3) is 0.133. The molecule has 5 nitrogen and oxygen atoms in total. The maximum Gasteiger partial charge on any atom is 0.270 e. The first kappa shape index (κ1) is 13.7. The summed E-state index contributed by atoms with van der Waals surface area (Å²) in [6.07, 6.45) is 5.04. The molecule has 0 aliphatic carbocycles. The Kier molecular flexibility index (Phi) is 4.83. The van der Waals surface area contributed by atoms with E-state index in [1.165, 1.54) is 0 Å². The van der Waals surface area contributed by atoms with Crippen molar-refractivity contribution in [2.45, 2.75) is 6.54 Å². The molecule has 1 amide bonds. The van der Waals surface area contributed by atoms with Gasteiger partial charge in [-0.15, -0.1) is 6.58 Å². The zero-order chi connectivity index (χ0) is 14.2. The van der Waals surface area contributed by atoms with E-state index in [4.69, 9.17) is 0 Å². The van der Waals surface area contributed by atoms with Gasteiger partial charge in [0.1, 0.15) is 5.69 Å². The molecule has 0 fully saturated rings. The van der Waals surface area contributed by atoms with Gasteiger partial charge in [0.15, 0.2) is 0 Å². The van der Waals surface area contributed by atoms with E-state index in [1.807, 2.05) is 18.2 Å². The van der Waals surface area contributed by atoms with Crippen molar-refractivity contribution in [3.63, 3.8) is 0 Å². The van der Waals surface area contributed by atoms with Gasteiger partial charge in [-0.2, -0.15) is 0 Å². The lowest BCUT2D eigenvalue weighted by Crippen LogP contribution is -2.24. The number of amides is 1. The molecule has 0 aliphatic heterocycles. The highest BCUT2D eigenvalue weighted by Gasteiger charge is 2.07. The Hall–Kier alpha value is -2.69. The Morgan fingerprint density at radius 3 is 2.90 bits per heavy atom. The van der Waals surface area contributed by atoms with Crippen LogP contribution in [0.15, 0.2) is 55.4 Å². The maximum absolute atomic E-state index is 12.0. The smallest absolute Gasteiger partial charge is 0.270 e. The summed E-state index contributed by atoms with van der Waals surface area (Å²) in [5, 5.41) is 5.90. The van der Waals surface area contributed by atoms with Gasteiger partial charge in [-0.3, -0.25) is 14.8 Å². The van der Waals surface area contributed by atoms with E-state index in [9.17, 15) is 4.79 Å². The first-order valence-electron chi connectivity index (χ1n) is 6.28. The van der Waals surface area contributed by atoms with Crippen LogP contribution in [0, 0.1) is 0 Å². The quantitative estimate of drug-likeness (QED) is 0.786. The molecule has 2 aromatic heterocycles. The van der Waals surface area contributed by atoms with Crippen molar-refractivity contribution in [1.82, 2.24) is 15.3 Å². The van der Waals surface area contributed by atoms with E-state index >= 15 is 0 Å². The summed E-state index contributed by atoms with van der Waals surface area (Å²) in [4.78, 5) is 20.2. The lowest BCUT2D eigenvalue weighted by molar-refractivity contribution is 0.0945. The molecule has 102 valence electrons. The monoisotopic (exact) mass is 268 g/mol. The van der Waals surface area contributed by atoms with Crippen LogP contribution < -0.4 is 10.6 Å². The van der Waals surface area contributed by atoms with Gasteiger partial charge >= 0.3 is 0 Å². The fourth-order valence-corrected chi connectivity index (χ4v) is 1.62. The second-order valence-electron chi connectivity index (χ2n) is 4.10. The average molecular weight is 268 g/mol. The van der Waals surface area contributed by atoms with E-state index < -0.39 is 0 Å². The molecular weight excluding hydrogens is 252 g/mol. The van der Waals surface area contributed by atoms with Crippen molar-refractivity contribution in [3.05, 3.63) is 66.8 Å². The molecule has 5 heteroatoms. The van der Waals surface area contributed by atoms with Crippen LogP contribution in [-0.2, 0) is 6.54 Å². The molecule has 0 aliphatic rings. The molecule has 2 rings (SSSR count). The van der Waals surface area contributed by atoms with Gasteiger partial charge in [-0.25, -0.2) is 0 Å². The number of nitrogens with zero attached hydrogens (tertiary/aromatic N) is 2. The van der Waals surface area contributed by atoms with E-state index in [0.29, 0.717) is 18.8 Å². The number of pyridine rings is 2. The second kappa shape index (κ2) is 7.04. The predicted molar refractivity (Wildman–Crippen MR) is 78.3 cm³/mol. The molecule has 0 bridgehead atoms. The molecule has 2 aromatic rings. The Morgan fingerprint density at radius 2 is 2.15 bits per heavy atom.